The lowest BCUT2D eigenvalue weighted by molar-refractivity contribution is 0.0697. The number of benzene rings is 1. The van der Waals surface area contributed by atoms with E-state index >= 15 is 0 Å². The van der Waals surface area contributed by atoms with Crippen molar-refractivity contribution in [2.75, 3.05) is 0 Å². The molecule has 2 N–H and O–H groups in total. The Kier molecular flexibility index (Phi) is 4.28. The van der Waals surface area contributed by atoms with Crippen molar-refractivity contribution >= 4 is 34.4 Å². The van der Waals surface area contributed by atoms with Gasteiger partial charge in [0.05, 0.1) is 12.9 Å². The third-order valence-corrected chi connectivity index (χ3v) is 3.74. The van der Waals surface area contributed by atoms with E-state index in [2.05, 4.69) is 10.3 Å². The van der Waals surface area contributed by atoms with E-state index in [0.717, 1.165) is 0 Å². The fourth-order valence-electron chi connectivity index (χ4n) is 2.34. The summed E-state index contributed by atoms with van der Waals surface area (Å²) in [5, 5.41) is 12.5. The zero-order chi connectivity index (χ0) is 18.1. The smallest absolute Gasteiger partial charge is 0.339 e. The lowest BCUT2D eigenvalue weighted by atomic mass is 10.1. The van der Waals surface area contributed by atoms with Gasteiger partial charge < -0.3 is 19.4 Å². The van der Waals surface area contributed by atoms with E-state index in [4.69, 9.17) is 16.0 Å². The Morgan fingerprint density at radius 1 is 1.32 bits per heavy atom. The number of aryl methyl sites for hydroxylation is 1. The van der Waals surface area contributed by atoms with Gasteiger partial charge in [-0.3, -0.25) is 9.59 Å². The van der Waals surface area contributed by atoms with Crippen LogP contribution in [-0.4, -0.2) is 26.5 Å². The van der Waals surface area contributed by atoms with Crippen LogP contribution in [0.1, 0.15) is 26.5 Å². The van der Waals surface area contributed by atoms with E-state index in [0.29, 0.717) is 11.1 Å². The van der Waals surface area contributed by atoms with E-state index < -0.39 is 17.4 Å². The van der Waals surface area contributed by atoms with Gasteiger partial charge in [-0.2, -0.15) is 0 Å². The maximum absolute atomic E-state index is 12.1. The van der Waals surface area contributed by atoms with Crippen LogP contribution in [-0.2, 0) is 13.6 Å². The molecular weight excluding hydrogens is 350 g/mol. The van der Waals surface area contributed by atoms with E-state index in [1.807, 2.05) is 0 Å². The Morgan fingerprint density at radius 2 is 2.08 bits per heavy atom. The minimum absolute atomic E-state index is 0.0256. The monoisotopic (exact) mass is 361 g/mol. The van der Waals surface area contributed by atoms with E-state index in [1.165, 1.54) is 30.2 Å². The number of hydrogen-bond donors (Lipinski definition) is 2. The molecule has 0 spiro atoms. The lowest BCUT2D eigenvalue weighted by Crippen LogP contribution is -2.32. The first-order valence-electron chi connectivity index (χ1n) is 7.11. The number of nitrogens with one attached hydrogen (secondary N) is 1. The molecule has 3 rings (SSSR count). The number of carboxylic acids is 1. The van der Waals surface area contributed by atoms with Crippen molar-refractivity contribution in [3.63, 3.8) is 0 Å². The van der Waals surface area contributed by atoms with Crippen molar-refractivity contribution in [1.29, 1.82) is 0 Å². The topological polar surface area (TPSA) is 114 Å². The zero-order valence-corrected chi connectivity index (χ0v) is 13.7. The molecule has 8 nitrogen and oxygen atoms in total. The highest BCUT2D eigenvalue weighted by atomic mass is 35.5. The summed E-state index contributed by atoms with van der Waals surface area (Å²) in [6.07, 6.45) is 2.48. The first-order chi connectivity index (χ1) is 11.9. The molecule has 2 heterocycles. The summed E-state index contributed by atoms with van der Waals surface area (Å²) >= 11 is 5.90. The lowest BCUT2D eigenvalue weighted by Gasteiger charge is -2.03. The van der Waals surface area contributed by atoms with E-state index in [9.17, 15) is 19.5 Å². The van der Waals surface area contributed by atoms with Crippen molar-refractivity contribution in [2.24, 2.45) is 7.05 Å². The first-order valence-corrected chi connectivity index (χ1v) is 7.48. The molecule has 0 bridgehead atoms. The van der Waals surface area contributed by atoms with Crippen LogP contribution in [0.4, 0.5) is 0 Å². The molecule has 0 aliphatic carbocycles. The number of amides is 1. The molecule has 1 aromatic carbocycles. The number of carbonyl (C=O) groups excluding carboxylic acids is 1. The van der Waals surface area contributed by atoms with Crippen LogP contribution in [0, 0.1) is 0 Å². The second-order valence-electron chi connectivity index (χ2n) is 5.30. The number of carboxylic acid groups (broad SMARTS) is 1. The van der Waals surface area contributed by atoms with E-state index in [-0.39, 0.29) is 28.3 Å². The molecule has 0 unspecified atom stereocenters. The Balaban J connectivity index is 1.85. The maximum Gasteiger partial charge on any atom is 0.339 e. The number of nitrogens with zero attached hydrogens (tertiary/aromatic N) is 2. The first kappa shape index (κ1) is 16.7. The van der Waals surface area contributed by atoms with Crippen LogP contribution in [0.2, 0.25) is 5.02 Å². The third-order valence-electron chi connectivity index (χ3n) is 3.52. The number of rotatable bonds is 4. The Labute approximate surface area is 145 Å². The predicted octanol–water partition coefficient (Wildman–Crippen LogP) is 1.81. The third kappa shape index (κ3) is 3.24. The molecule has 0 radical (unpaired) electrons. The fraction of sp³-hybridized carbons (Fsp3) is 0.125. The average molecular weight is 362 g/mol. The molecule has 2 aromatic heterocycles. The van der Waals surface area contributed by atoms with Gasteiger partial charge in [-0.25, -0.2) is 9.78 Å². The molecule has 1 amide bonds. The number of aromatic carboxylic acids is 1. The van der Waals surface area contributed by atoms with Gasteiger partial charge >= 0.3 is 5.97 Å². The summed E-state index contributed by atoms with van der Waals surface area (Å²) in [4.78, 5) is 39.1. The summed E-state index contributed by atoms with van der Waals surface area (Å²) in [5.74, 6) is -1.45. The van der Waals surface area contributed by atoms with Crippen molar-refractivity contribution in [3.8, 4) is 0 Å². The molecule has 0 aliphatic rings. The van der Waals surface area contributed by atoms with Gasteiger partial charge in [-0.05, 0) is 18.2 Å². The molecule has 25 heavy (non-hydrogen) atoms. The minimum atomic E-state index is -1.17. The highest BCUT2D eigenvalue weighted by Gasteiger charge is 2.16. The molecule has 0 fully saturated rings. The van der Waals surface area contributed by atoms with Gasteiger partial charge in [-0.15, -0.1) is 0 Å². The zero-order valence-electron chi connectivity index (χ0n) is 12.9. The van der Waals surface area contributed by atoms with Crippen LogP contribution in [0.5, 0.6) is 0 Å². The highest BCUT2D eigenvalue weighted by Crippen LogP contribution is 2.27. The number of furan rings is 1. The number of hydrogen-bond acceptors (Lipinski definition) is 5. The van der Waals surface area contributed by atoms with E-state index in [1.54, 1.807) is 12.1 Å². The molecular formula is C16H12ClN3O5. The Morgan fingerprint density at radius 3 is 2.80 bits per heavy atom. The molecule has 0 saturated heterocycles. The summed E-state index contributed by atoms with van der Waals surface area (Å²) in [5.41, 5.74) is -0.480. The van der Waals surface area contributed by atoms with Crippen LogP contribution >= 0.6 is 11.6 Å². The molecule has 0 aliphatic heterocycles. The fourth-order valence-corrected chi connectivity index (χ4v) is 2.57. The molecule has 128 valence electrons. The second-order valence-corrected chi connectivity index (χ2v) is 5.73. The van der Waals surface area contributed by atoms with Crippen molar-refractivity contribution in [2.45, 2.75) is 6.54 Å². The average Bonchev–Trinajstić information content (AvgIpc) is 2.96. The van der Waals surface area contributed by atoms with Crippen molar-refractivity contribution in [3.05, 3.63) is 63.0 Å². The largest absolute Gasteiger partial charge is 0.478 e. The van der Waals surface area contributed by atoms with Gasteiger partial charge in [-0.1, -0.05) is 11.6 Å². The quantitative estimate of drug-likeness (QED) is 0.732. The van der Waals surface area contributed by atoms with Crippen molar-refractivity contribution < 1.29 is 19.1 Å². The van der Waals surface area contributed by atoms with Gasteiger partial charge in [0.15, 0.2) is 0 Å². The maximum atomic E-state index is 12.1. The number of aromatic nitrogens is 2. The summed E-state index contributed by atoms with van der Waals surface area (Å²) in [6, 6.07) is 4.43. The van der Waals surface area contributed by atoms with Gasteiger partial charge in [0, 0.05) is 23.7 Å². The van der Waals surface area contributed by atoms with Gasteiger partial charge in [0.25, 0.3) is 11.5 Å². The molecule has 0 atom stereocenters. The minimum Gasteiger partial charge on any atom is -0.478 e. The molecule has 0 saturated carbocycles. The number of halogens is 1. The number of carbonyl (C=O) groups is 2. The normalized spacial score (nSPS) is 10.8. The second kappa shape index (κ2) is 6.40. The van der Waals surface area contributed by atoms with Crippen LogP contribution in [0.25, 0.3) is 11.0 Å². The summed E-state index contributed by atoms with van der Waals surface area (Å²) in [6.45, 7) is -0.0256. The standard InChI is InChI=1S/C16H12ClN3O5/c1-20-7-18-6-12(15(20)22)14(21)19-5-10-3-8-2-9(17)4-11(16(23)24)13(8)25-10/h2-4,6-7H,5H2,1H3,(H,19,21)(H,23,24). The predicted molar refractivity (Wildman–Crippen MR) is 88.8 cm³/mol. The molecule has 9 heteroatoms. The SMILES string of the molecule is Cn1cncc(C(=O)NCc2cc3cc(Cl)cc(C(=O)O)c3o2)c1=O. The number of fused-ring (bicyclic) bond motifs is 1. The van der Waals surface area contributed by atoms with Crippen LogP contribution in [0.15, 0.2) is 39.9 Å². The Hall–Kier alpha value is -3.13. The van der Waals surface area contributed by atoms with Crippen LogP contribution < -0.4 is 10.9 Å². The Bertz CT molecular complexity index is 1050. The van der Waals surface area contributed by atoms with Gasteiger partial charge in [0.2, 0.25) is 0 Å². The summed E-state index contributed by atoms with van der Waals surface area (Å²) < 4.78 is 6.69. The van der Waals surface area contributed by atoms with Gasteiger partial charge in [0.1, 0.15) is 22.5 Å². The molecule has 3 aromatic rings. The van der Waals surface area contributed by atoms with Crippen molar-refractivity contribution in [1.82, 2.24) is 14.9 Å². The highest BCUT2D eigenvalue weighted by molar-refractivity contribution is 6.32. The summed E-state index contributed by atoms with van der Waals surface area (Å²) in [7, 11) is 1.49. The van der Waals surface area contributed by atoms with Crippen LogP contribution in [0.3, 0.4) is 0 Å².